The molecule has 0 aliphatic heterocycles. The molecule has 0 aromatic carbocycles. The van der Waals surface area contributed by atoms with Crippen molar-refractivity contribution in [1.82, 2.24) is 5.32 Å². The van der Waals surface area contributed by atoms with E-state index in [0.717, 1.165) is 25.7 Å². The zero-order valence-corrected chi connectivity index (χ0v) is 11.0. The molecule has 0 spiro atoms. The van der Waals surface area contributed by atoms with Crippen molar-refractivity contribution in [3.8, 4) is 0 Å². The van der Waals surface area contributed by atoms with Crippen molar-refractivity contribution in [2.24, 2.45) is 17.1 Å². The number of carbonyl (C=O) groups excluding carboxylic acids is 1. The normalized spacial score (nSPS) is 26.4. The predicted molar refractivity (Wildman–Crippen MR) is 68.4 cm³/mol. The van der Waals surface area contributed by atoms with E-state index in [1.54, 1.807) is 0 Å². The Morgan fingerprint density at radius 3 is 2.65 bits per heavy atom. The van der Waals surface area contributed by atoms with Gasteiger partial charge in [-0.15, -0.1) is 0 Å². The van der Waals surface area contributed by atoms with Gasteiger partial charge in [0, 0.05) is 24.6 Å². The summed E-state index contributed by atoms with van der Waals surface area (Å²) in [6.07, 6.45) is 5.25. The highest BCUT2D eigenvalue weighted by Gasteiger charge is 2.28. The van der Waals surface area contributed by atoms with E-state index in [-0.39, 0.29) is 29.9 Å². The molecule has 2 atom stereocenters. The summed E-state index contributed by atoms with van der Waals surface area (Å²) in [6, 6.07) is -0.00487. The largest absolute Gasteiger partial charge is 0.396 e. The van der Waals surface area contributed by atoms with Crippen LogP contribution in [-0.4, -0.2) is 30.2 Å². The van der Waals surface area contributed by atoms with E-state index >= 15 is 0 Å². The molecule has 4 N–H and O–H groups in total. The number of aliphatic hydroxyl groups is 1. The van der Waals surface area contributed by atoms with Crippen molar-refractivity contribution in [2.75, 3.05) is 13.2 Å². The molecule has 0 aromatic heterocycles. The summed E-state index contributed by atoms with van der Waals surface area (Å²) in [5.41, 5.74) is 5.78. The van der Waals surface area contributed by atoms with Crippen LogP contribution in [0.2, 0.25) is 0 Å². The minimum Gasteiger partial charge on any atom is -0.396 e. The summed E-state index contributed by atoms with van der Waals surface area (Å²) in [7, 11) is 0. The van der Waals surface area contributed by atoms with Crippen molar-refractivity contribution >= 4 is 5.91 Å². The minimum absolute atomic E-state index is 0.00487. The lowest BCUT2D eigenvalue weighted by atomic mass is 9.92. The molecule has 1 aliphatic rings. The van der Waals surface area contributed by atoms with Gasteiger partial charge in [0.2, 0.25) is 5.91 Å². The van der Waals surface area contributed by atoms with Crippen molar-refractivity contribution in [3.05, 3.63) is 0 Å². The highest BCUT2D eigenvalue weighted by atomic mass is 16.3. The third-order valence-electron chi connectivity index (χ3n) is 3.58. The van der Waals surface area contributed by atoms with Gasteiger partial charge in [-0.1, -0.05) is 33.1 Å². The molecule has 1 amide bonds. The summed E-state index contributed by atoms with van der Waals surface area (Å²) in [5.74, 6) is 0.00733. The van der Waals surface area contributed by atoms with Crippen molar-refractivity contribution < 1.29 is 9.90 Å². The van der Waals surface area contributed by atoms with Crippen LogP contribution in [0.1, 0.15) is 46.0 Å². The molecule has 1 rings (SSSR count). The molecular formula is C13H26N2O2. The number of amides is 1. The summed E-state index contributed by atoms with van der Waals surface area (Å²) in [5, 5.41) is 12.1. The fraction of sp³-hybridized carbons (Fsp3) is 0.923. The lowest BCUT2D eigenvalue weighted by Crippen LogP contribution is -2.44. The van der Waals surface area contributed by atoms with E-state index in [4.69, 9.17) is 10.8 Å². The molecule has 1 saturated carbocycles. The maximum atomic E-state index is 12.1. The minimum atomic E-state index is -0.259. The van der Waals surface area contributed by atoms with E-state index in [2.05, 4.69) is 5.32 Å². The van der Waals surface area contributed by atoms with Gasteiger partial charge >= 0.3 is 0 Å². The summed E-state index contributed by atoms with van der Waals surface area (Å²) in [6.45, 7) is 4.44. The SMILES string of the molecule is CC(C)(CO)CNC(=O)C1CCCCCC1N. The van der Waals surface area contributed by atoms with Gasteiger partial charge in [0.25, 0.3) is 0 Å². The Balaban J connectivity index is 2.45. The first-order valence-corrected chi connectivity index (χ1v) is 6.60. The van der Waals surface area contributed by atoms with E-state index in [9.17, 15) is 4.79 Å². The van der Waals surface area contributed by atoms with E-state index in [1.165, 1.54) is 6.42 Å². The number of hydrogen-bond donors (Lipinski definition) is 3. The molecule has 0 saturated heterocycles. The van der Waals surface area contributed by atoms with Crippen LogP contribution in [0.5, 0.6) is 0 Å². The van der Waals surface area contributed by atoms with Gasteiger partial charge in [0.1, 0.15) is 0 Å². The van der Waals surface area contributed by atoms with Crippen LogP contribution in [0.3, 0.4) is 0 Å². The highest BCUT2D eigenvalue weighted by molar-refractivity contribution is 5.79. The zero-order valence-electron chi connectivity index (χ0n) is 11.0. The van der Waals surface area contributed by atoms with E-state index < -0.39 is 0 Å². The van der Waals surface area contributed by atoms with Crippen LogP contribution < -0.4 is 11.1 Å². The fourth-order valence-corrected chi connectivity index (χ4v) is 2.18. The Morgan fingerprint density at radius 2 is 2.00 bits per heavy atom. The number of carbonyl (C=O) groups is 1. The molecule has 4 nitrogen and oxygen atoms in total. The van der Waals surface area contributed by atoms with Crippen molar-refractivity contribution in [1.29, 1.82) is 0 Å². The molecule has 100 valence electrons. The molecule has 2 unspecified atom stereocenters. The third-order valence-corrected chi connectivity index (χ3v) is 3.58. The number of rotatable bonds is 4. The first kappa shape index (κ1) is 14.5. The molecule has 1 aliphatic carbocycles. The van der Waals surface area contributed by atoms with Crippen LogP contribution in [0.4, 0.5) is 0 Å². The molecular weight excluding hydrogens is 216 g/mol. The Labute approximate surface area is 104 Å². The second kappa shape index (κ2) is 6.36. The number of hydrogen-bond acceptors (Lipinski definition) is 3. The van der Waals surface area contributed by atoms with E-state index in [1.807, 2.05) is 13.8 Å². The Kier molecular flexibility index (Phi) is 5.40. The maximum absolute atomic E-state index is 12.1. The summed E-state index contributed by atoms with van der Waals surface area (Å²) in [4.78, 5) is 12.1. The molecule has 1 fully saturated rings. The molecule has 17 heavy (non-hydrogen) atoms. The Bertz CT molecular complexity index is 254. The fourth-order valence-electron chi connectivity index (χ4n) is 2.18. The van der Waals surface area contributed by atoms with Gasteiger partial charge in [-0.05, 0) is 12.8 Å². The average molecular weight is 242 g/mol. The predicted octanol–water partition coefficient (Wildman–Crippen LogP) is 1.03. The monoisotopic (exact) mass is 242 g/mol. The zero-order chi connectivity index (χ0) is 12.9. The molecule has 0 aromatic rings. The van der Waals surface area contributed by atoms with Crippen LogP contribution in [0, 0.1) is 11.3 Å². The second-order valence-electron chi connectivity index (χ2n) is 5.95. The number of aliphatic hydroxyl groups excluding tert-OH is 1. The topological polar surface area (TPSA) is 75.3 Å². The third kappa shape index (κ3) is 4.64. The number of nitrogens with one attached hydrogen (secondary N) is 1. The van der Waals surface area contributed by atoms with Crippen molar-refractivity contribution in [2.45, 2.75) is 52.0 Å². The summed E-state index contributed by atoms with van der Waals surface area (Å²) >= 11 is 0. The first-order valence-electron chi connectivity index (χ1n) is 6.60. The van der Waals surface area contributed by atoms with Gasteiger partial charge in [-0.25, -0.2) is 0 Å². The highest BCUT2D eigenvalue weighted by Crippen LogP contribution is 2.22. The first-order chi connectivity index (χ1) is 7.96. The molecule has 0 heterocycles. The van der Waals surface area contributed by atoms with Crippen LogP contribution in [0.15, 0.2) is 0 Å². The van der Waals surface area contributed by atoms with Crippen LogP contribution in [0.25, 0.3) is 0 Å². The average Bonchev–Trinajstić information content (AvgIpc) is 2.51. The lowest BCUT2D eigenvalue weighted by molar-refractivity contribution is -0.126. The van der Waals surface area contributed by atoms with E-state index in [0.29, 0.717) is 6.54 Å². The lowest BCUT2D eigenvalue weighted by Gasteiger charge is -2.25. The smallest absolute Gasteiger partial charge is 0.224 e. The van der Waals surface area contributed by atoms with Gasteiger partial charge in [-0.2, -0.15) is 0 Å². The van der Waals surface area contributed by atoms with Gasteiger partial charge in [0.15, 0.2) is 0 Å². The summed E-state index contributed by atoms with van der Waals surface area (Å²) < 4.78 is 0. The van der Waals surface area contributed by atoms with Gasteiger partial charge in [-0.3, -0.25) is 4.79 Å². The molecule has 0 bridgehead atoms. The molecule has 0 radical (unpaired) electrons. The van der Waals surface area contributed by atoms with Gasteiger partial charge < -0.3 is 16.2 Å². The van der Waals surface area contributed by atoms with Crippen LogP contribution >= 0.6 is 0 Å². The molecule has 4 heteroatoms. The number of nitrogens with two attached hydrogens (primary N) is 1. The Hall–Kier alpha value is -0.610. The van der Waals surface area contributed by atoms with Gasteiger partial charge in [0.05, 0.1) is 5.92 Å². The van der Waals surface area contributed by atoms with Crippen molar-refractivity contribution in [3.63, 3.8) is 0 Å². The second-order valence-corrected chi connectivity index (χ2v) is 5.95. The quantitative estimate of drug-likeness (QED) is 0.644. The van der Waals surface area contributed by atoms with Crippen LogP contribution in [-0.2, 0) is 4.79 Å². The maximum Gasteiger partial charge on any atom is 0.224 e. The Morgan fingerprint density at radius 1 is 1.35 bits per heavy atom. The standard InChI is InChI=1S/C13H26N2O2/c1-13(2,9-16)8-15-12(17)10-6-4-3-5-7-11(10)14/h10-11,16H,3-9,14H2,1-2H3,(H,15,17).